The van der Waals surface area contributed by atoms with E-state index in [-0.39, 0.29) is 0 Å². The van der Waals surface area contributed by atoms with E-state index in [9.17, 15) is 0 Å². The number of nitrogens with two attached hydrogens (primary N) is 1. The first kappa shape index (κ1) is 9.47. The summed E-state index contributed by atoms with van der Waals surface area (Å²) in [6.45, 7) is 8.20. The Morgan fingerprint density at radius 2 is 2.08 bits per heavy atom. The lowest BCUT2D eigenvalue weighted by molar-refractivity contribution is 0.192. The molecule has 1 atom stereocenters. The highest BCUT2D eigenvalue weighted by Gasteiger charge is 2.37. The third kappa shape index (κ3) is 1.89. The molecule has 1 aliphatic carbocycles. The number of likely N-dealkylation sites (tertiary alicyclic amines) is 1. The molecule has 0 bridgehead atoms. The summed E-state index contributed by atoms with van der Waals surface area (Å²) in [5.41, 5.74) is 6.43. The third-order valence-electron chi connectivity index (χ3n) is 3.83. The molecule has 2 N–H and O–H groups in total. The summed E-state index contributed by atoms with van der Waals surface area (Å²) in [5.74, 6) is 0.987. The van der Waals surface area contributed by atoms with Crippen molar-refractivity contribution < 1.29 is 0 Å². The van der Waals surface area contributed by atoms with E-state index in [1.54, 1.807) is 0 Å². The Labute approximate surface area is 81.5 Å². The Bertz CT molecular complexity index is 185. The fourth-order valence-electron chi connectivity index (χ4n) is 2.46. The molecular formula is C11H22N2. The standard InChI is InChI=1S/C11H22N2/c1-11(2)8-13(7-10(11)12)6-9-4-3-5-9/h9-10H,3-8,12H2,1-2H3. The summed E-state index contributed by atoms with van der Waals surface area (Å²) in [6.07, 6.45) is 4.35. The average Bonchev–Trinajstić information content (AvgIpc) is 2.18. The Morgan fingerprint density at radius 3 is 2.46 bits per heavy atom. The van der Waals surface area contributed by atoms with Crippen LogP contribution in [0.2, 0.25) is 0 Å². The normalized spacial score (nSPS) is 34.8. The lowest BCUT2D eigenvalue weighted by Gasteiger charge is -2.30. The molecule has 0 amide bonds. The van der Waals surface area contributed by atoms with Gasteiger partial charge in [-0.3, -0.25) is 0 Å². The fourth-order valence-corrected chi connectivity index (χ4v) is 2.46. The molecule has 0 spiro atoms. The van der Waals surface area contributed by atoms with Crippen molar-refractivity contribution in [3.05, 3.63) is 0 Å². The smallest absolute Gasteiger partial charge is 0.0232 e. The van der Waals surface area contributed by atoms with Gasteiger partial charge in [0.15, 0.2) is 0 Å². The van der Waals surface area contributed by atoms with Crippen molar-refractivity contribution in [1.82, 2.24) is 4.90 Å². The van der Waals surface area contributed by atoms with E-state index in [1.165, 1.54) is 32.4 Å². The van der Waals surface area contributed by atoms with Crippen LogP contribution in [0.4, 0.5) is 0 Å². The van der Waals surface area contributed by atoms with E-state index in [2.05, 4.69) is 18.7 Å². The Balaban J connectivity index is 1.82. The van der Waals surface area contributed by atoms with Crippen LogP contribution < -0.4 is 5.73 Å². The van der Waals surface area contributed by atoms with E-state index in [0.29, 0.717) is 11.5 Å². The molecule has 0 aromatic rings. The molecule has 2 heteroatoms. The van der Waals surface area contributed by atoms with E-state index < -0.39 is 0 Å². The maximum Gasteiger partial charge on any atom is 0.0232 e. The SMILES string of the molecule is CC1(C)CN(CC2CCC2)CC1N. The first-order valence-corrected chi connectivity index (χ1v) is 5.56. The molecule has 0 radical (unpaired) electrons. The van der Waals surface area contributed by atoms with Gasteiger partial charge in [0.2, 0.25) is 0 Å². The minimum absolute atomic E-state index is 0.337. The molecule has 2 fully saturated rings. The first-order chi connectivity index (χ1) is 6.08. The molecule has 1 heterocycles. The summed E-state index contributed by atoms with van der Waals surface area (Å²) in [7, 11) is 0. The van der Waals surface area contributed by atoms with Gasteiger partial charge in [-0.25, -0.2) is 0 Å². The van der Waals surface area contributed by atoms with Gasteiger partial charge in [-0.15, -0.1) is 0 Å². The summed E-state index contributed by atoms with van der Waals surface area (Å²) >= 11 is 0. The van der Waals surface area contributed by atoms with Crippen molar-refractivity contribution in [2.75, 3.05) is 19.6 Å². The van der Waals surface area contributed by atoms with Crippen LogP contribution in [0.3, 0.4) is 0 Å². The van der Waals surface area contributed by atoms with Crippen LogP contribution >= 0.6 is 0 Å². The predicted molar refractivity (Wildman–Crippen MR) is 55.5 cm³/mol. The highest BCUT2D eigenvalue weighted by Crippen LogP contribution is 2.32. The lowest BCUT2D eigenvalue weighted by atomic mass is 9.85. The van der Waals surface area contributed by atoms with Crippen LogP contribution in [0.1, 0.15) is 33.1 Å². The van der Waals surface area contributed by atoms with Gasteiger partial charge >= 0.3 is 0 Å². The van der Waals surface area contributed by atoms with Crippen molar-refractivity contribution in [2.24, 2.45) is 17.1 Å². The molecule has 0 aromatic heterocycles. The molecule has 1 saturated carbocycles. The van der Waals surface area contributed by atoms with E-state index >= 15 is 0 Å². The molecule has 1 aliphatic heterocycles. The minimum atomic E-state index is 0.337. The van der Waals surface area contributed by atoms with Crippen LogP contribution in [-0.2, 0) is 0 Å². The van der Waals surface area contributed by atoms with Crippen LogP contribution in [0.25, 0.3) is 0 Å². The number of nitrogens with zero attached hydrogens (tertiary/aromatic N) is 1. The van der Waals surface area contributed by atoms with Crippen molar-refractivity contribution >= 4 is 0 Å². The molecule has 1 unspecified atom stereocenters. The zero-order valence-corrected chi connectivity index (χ0v) is 8.92. The number of hydrogen-bond donors (Lipinski definition) is 1. The van der Waals surface area contributed by atoms with E-state index in [0.717, 1.165) is 12.5 Å². The van der Waals surface area contributed by atoms with Gasteiger partial charge in [-0.2, -0.15) is 0 Å². The molecule has 2 aliphatic rings. The van der Waals surface area contributed by atoms with Crippen LogP contribution in [0.5, 0.6) is 0 Å². The fraction of sp³-hybridized carbons (Fsp3) is 1.00. The average molecular weight is 182 g/mol. The van der Waals surface area contributed by atoms with Crippen molar-refractivity contribution in [3.8, 4) is 0 Å². The van der Waals surface area contributed by atoms with E-state index in [4.69, 9.17) is 5.73 Å². The van der Waals surface area contributed by atoms with Crippen LogP contribution in [0, 0.1) is 11.3 Å². The number of hydrogen-bond acceptors (Lipinski definition) is 2. The Kier molecular flexibility index (Phi) is 2.37. The zero-order chi connectivity index (χ0) is 9.47. The minimum Gasteiger partial charge on any atom is -0.326 e. The summed E-state index contributed by atoms with van der Waals surface area (Å²) in [6, 6.07) is 0.382. The first-order valence-electron chi connectivity index (χ1n) is 5.56. The summed E-state index contributed by atoms with van der Waals surface area (Å²) < 4.78 is 0. The highest BCUT2D eigenvalue weighted by molar-refractivity contribution is 4.94. The summed E-state index contributed by atoms with van der Waals surface area (Å²) in [5, 5.41) is 0. The van der Waals surface area contributed by atoms with Gasteiger partial charge in [0.25, 0.3) is 0 Å². The van der Waals surface area contributed by atoms with Crippen molar-refractivity contribution in [2.45, 2.75) is 39.2 Å². The Hall–Kier alpha value is -0.0800. The van der Waals surface area contributed by atoms with Crippen molar-refractivity contribution in [3.63, 3.8) is 0 Å². The number of rotatable bonds is 2. The van der Waals surface area contributed by atoms with Gasteiger partial charge in [0.1, 0.15) is 0 Å². The monoisotopic (exact) mass is 182 g/mol. The molecule has 13 heavy (non-hydrogen) atoms. The molecule has 2 rings (SSSR count). The van der Waals surface area contributed by atoms with Gasteiger partial charge in [0, 0.05) is 25.7 Å². The van der Waals surface area contributed by atoms with Crippen LogP contribution in [0.15, 0.2) is 0 Å². The van der Waals surface area contributed by atoms with Crippen molar-refractivity contribution in [1.29, 1.82) is 0 Å². The highest BCUT2D eigenvalue weighted by atomic mass is 15.2. The van der Waals surface area contributed by atoms with E-state index in [1.807, 2.05) is 0 Å². The maximum atomic E-state index is 6.10. The second-order valence-electron chi connectivity index (χ2n) is 5.59. The maximum absolute atomic E-state index is 6.10. The molecule has 2 nitrogen and oxygen atoms in total. The van der Waals surface area contributed by atoms with Gasteiger partial charge in [-0.1, -0.05) is 20.3 Å². The predicted octanol–water partition coefficient (Wildman–Crippen LogP) is 1.46. The second-order valence-corrected chi connectivity index (χ2v) is 5.59. The van der Waals surface area contributed by atoms with Gasteiger partial charge in [0.05, 0.1) is 0 Å². The molecule has 1 saturated heterocycles. The van der Waals surface area contributed by atoms with Gasteiger partial charge < -0.3 is 10.6 Å². The summed E-state index contributed by atoms with van der Waals surface area (Å²) in [4.78, 5) is 2.56. The lowest BCUT2D eigenvalue weighted by Crippen LogP contribution is -2.35. The largest absolute Gasteiger partial charge is 0.326 e. The molecule has 0 aromatic carbocycles. The molecular weight excluding hydrogens is 160 g/mol. The second kappa shape index (κ2) is 3.25. The third-order valence-corrected chi connectivity index (χ3v) is 3.83. The molecule has 76 valence electrons. The topological polar surface area (TPSA) is 29.3 Å². The van der Waals surface area contributed by atoms with Crippen LogP contribution in [-0.4, -0.2) is 30.6 Å². The van der Waals surface area contributed by atoms with Gasteiger partial charge in [-0.05, 0) is 24.2 Å². The quantitative estimate of drug-likeness (QED) is 0.700. The Morgan fingerprint density at radius 1 is 1.38 bits per heavy atom. The zero-order valence-electron chi connectivity index (χ0n) is 8.92.